The number of hydrogen-bond donors (Lipinski definition) is 0. The first kappa shape index (κ1) is 25.2. The Balaban J connectivity index is 1.67. The van der Waals surface area contributed by atoms with E-state index in [0.717, 1.165) is 47.5 Å². The maximum atomic E-state index is 13.4. The van der Waals surface area contributed by atoms with E-state index in [9.17, 15) is 4.79 Å². The molecule has 4 rings (SSSR count). The van der Waals surface area contributed by atoms with Crippen LogP contribution in [-0.2, 0) is 4.79 Å². The summed E-state index contributed by atoms with van der Waals surface area (Å²) in [6, 6.07) is 17.8. The van der Waals surface area contributed by atoms with E-state index in [0.29, 0.717) is 21.7 Å². The van der Waals surface area contributed by atoms with E-state index in [-0.39, 0.29) is 5.91 Å². The molecule has 1 aromatic heterocycles. The minimum Gasteiger partial charge on any atom is -0.497 e. The van der Waals surface area contributed by atoms with Gasteiger partial charge >= 0.3 is 0 Å². The molecule has 1 aliphatic heterocycles. The van der Waals surface area contributed by atoms with Gasteiger partial charge in [0, 0.05) is 23.9 Å². The smallest absolute Gasteiger partial charge is 0.266 e. The van der Waals surface area contributed by atoms with Crippen LogP contribution in [-0.4, -0.2) is 38.6 Å². The van der Waals surface area contributed by atoms with Crippen molar-refractivity contribution in [2.45, 2.75) is 39.5 Å². The summed E-state index contributed by atoms with van der Waals surface area (Å²) in [5.41, 5.74) is 3.58. The maximum Gasteiger partial charge on any atom is 0.266 e. The first-order chi connectivity index (χ1) is 17.0. The molecule has 1 aliphatic rings. The molecule has 0 bridgehead atoms. The highest BCUT2D eigenvalue weighted by Gasteiger charge is 2.33. The molecule has 0 N–H and O–H groups in total. The third-order valence-corrected chi connectivity index (χ3v) is 7.65. The Morgan fingerprint density at radius 2 is 1.86 bits per heavy atom. The summed E-state index contributed by atoms with van der Waals surface area (Å²) in [6.07, 6.45) is 8.40. The zero-order chi connectivity index (χ0) is 24.8. The molecule has 5 nitrogen and oxygen atoms in total. The molecule has 0 saturated carbocycles. The zero-order valence-electron chi connectivity index (χ0n) is 20.4. The second-order valence-electron chi connectivity index (χ2n) is 8.65. The molecule has 2 aromatic carbocycles. The van der Waals surface area contributed by atoms with E-state index in [1.807, 2.05) is 71.6 Å². The normalized spacial score (nSPS) is 15.7. The summed E-state index contributed by atoms with van der Waals surface area (Å²) >= 11 is 7.00. The summed E-state index contributed by atoms with van der Waals surface area (Å²) < 4.78 is 7.80. The number of para-hydroxylation sites is 1. The lowest BCUT2D eigenvalue weighted by Gasteiger charge is -2.21. The topological polar surface area (TPSA) is 47.4 Å². The van der Waals surface area contributed by atoms with Gasteiger partial charge in [0.1, 0.15) is 10.1 Å². The van der Waals surface area contributed by atoms with Gasteiger partial charge in [0.25, 0.3) is 5.91 Å². The van der Waals surface area contributed by atoms with Gasteiger partial charge in [-0.25, -0.2) is 4.68 Å². The van der Waals surface area contributed by atoms with Gasteiger partial charge in [-0.15, -0.1) is 0 Å². The van der Waals surface area contributed by atoms with Crippen molar-refractivity contribution in [2.24, 2.45) is 5.92 Å². The Morgan fingerprint density at radius 3 is 2.51 bits per heavy atom. The molecule has 1 fully saturated rings. The Morgan fingerprint density at radius 1 is 1.11 bits per heavy atom. The Bertz CT molecular complexity index is 1200. The minimum atomic E-state index is -0.0110. The van der Waals surface area contributed by atoms with Crippen LogP contribution in [0, 0.1) is 5.92 Å². The number of carbonyl (C=O) groups excluding carboxylic acids is 1. The summed E-state index contributed by atoms with van der Waals surface area (Å²) in [6.45, 7) is 5.07. The molecule has 0 radical (unpaired) electrons. The Hall–Kier alpha value is -2.90. The first-order valence-electron chi connectivity index (χ1n) is 12.1. The number of amides is 1. The molecule has 0 spiro atoms. The number of unbranched alkanes of at least 4 members (excludes halogenated alkanes) is 1. The van der Waals surface area contributed by atoms with Crippen molar-refractivity contribution in [1.82, 2.24) is 14.7 Å². The van der Waals surface area contributed by atoms with Crippen LogP contribution in [0.5, 0.6) is 5.75 Å². The second kappa shape index (κ2) is 11.7. The maximum absolute atomic E-state index is 13.4. The predicted molar refractivity (Wildman–Crippen MR) is 149 cm³/mol. The molecule has 2 heterocycles. The molecule has 35 heavy (non-hydrogen) atoms. The summed E-state index contributed by atoms with van der Waals surface area (Å²) in [5, 5.41) is 4.87. The summed E-state index contributed by atoms with van der Waals surface area (Å²) in [7, 11) is 1.65. The number of hydrogen-bond acceptors (Lipinski definition) is 5. The van der Waals surface area contributed by atoms with E-state index < -0.39 is 0 Å². The first-order valence-corrected chi connectivity index (χ1v) is 13.3. The highest BCUT2D eigenvalue weighted by molar-refractivity contribution is 8.26. The highest BCUT2D eigenvalue weighted by Crippen LogP contribution is 2.36. The van der Waals surface area contributed by atoms with E-state index in [2.05, 4.69) is 13.8 Å². The molecule has 182 valence electrons. The molecule has 0 aliphatic carbocycles. The fourth-order valence-corrected chi connectivity index (χ4v) is 5.42. The minimum absolute atomic E-state index is 0.0110. The number of benzene rings is 2. The number of aromatic nitrogens is 2. The van der Waals surface area contributed by atoms with Crippen LogP contribution in [0.2, 0.25) is 0 Å². The van der Waals surface area contributed by atoms with Crippen molar-refractivity contribution in [2.75, 3.05) is 13.7 Å². The molecule has 1 saturated heterocycles. The lowest BCUT2D eigenvalue weighted by molar-refractivity contribution is -0.122. The highest BCUT2D eigenvalue weighted by atomic mass is 32.2. The molecule has 7 heteroatoms. The second-order valence-corrected chi connectivity index (χ2v) is 10.3. The van der Waals surface area contributed by atoms with Gasteiger partial charge in [0.15, 0.2) is 0 Å². The average molecular weight is 506 g/mol. The standard InChI is InChI=1S/C28H31N3O2S2/c1-4-6-10-20(5-2)18-30-27(32)25(35-28(30)34)17-22-19-31(23-11-8-7-9-12-23)29-26(22)21-13-15-24(33-3)16-14-21/h7-9,11-17,19-20H,4-6,10,18H2,1-3H3/b25-17-/t20-/m0/s1. The number of rotatable bonds is 10. The molecule has 0 unspecified atom stereocenters. The van der Waals surface area contributed by atoms with Crippen LogP contribution < -0.4 is 4.74 Å². The van der Waals surface area contributed by atoms with Crippen molar-refractivity contribution in [3.05, 3.63) is 71.3 Å². The van der Waals surface area contributed by atoms with Gasteiger partial charge in [0.05, 0.1) is 23.4 Å². The largest absolute Gasteiger partial charge is 0.497 e. The monoisotopic (exact) mass is 505 g/mol. The van der Waals surface area contributed by atoms with Crippen LogP contribution in [0.4, 0.5) is 0 Å². The van der Waals surface area contributed by atoms with Crippen LogP contribution in [0.25, 0.3) is 23.0 Å². The molecule has 3 aromatic rings. The lowest BCUT2D eigenvalue weighted by Crippen LogP contribution is -2.33. The SMILES string of the molecule is CCCC[C@H](CC)CN1C(=O)/C(=C/c2cn(-c3ccccc3)nc2-c2ccc(OC)cc2)SC1=S. The van der Waals surface area contributed by atoms with Crippen LogP contribution >= 0.6 is 24.0 Å². The van der Waals surface area contributed by atoms with Gasteiger partial charge in [-0.3, -0.25) is 9.69 Å². The van der Waals surface area contributed by atoms with E-state index in [1.54, 1.807) is 12.0 Å². The number of carbonyl (C=O) groups is 1. The molecular formula is C28H31N3O2S2. The summed E-state index contributed by atoms with van der Waals surface area (Å²) in [5.74, 6) is 1.24. The summed E-state index contributed by atoms with van der Waals surface area (Å²) in [4.78, 5) is 15.8. The van der Waals surface area contributed by atoms with Gasteiger partial charge in [-0.1, -0.05) is 75.3 Å². The Labute approximate surface area is 217 Å². The van der Waals surface area contributed by atoms with Gasteiger partial charge in [-0.2, -0.15) is 5.10 Å². The number of nitrogens with zero attached hydrogens (tertiary/aromatic N) is 3. The van der Waals surface area contributed by atoms with Crippen molar-refractivity contribution < 1.29 is 9.53 Å². The van der Waals surface area contributed by atoms with E-state index >= 15 is 0 Å². The van der Waals surface area contributed by atoms with Gasteiger partial charge in [0.2, 0.25) is 0 Å². The van der Waals surface area contributed by atoms with Crippen LogP contribution in [0.3, 0.4) is 0 Å². The van der Waals surface area contributed by atoms with E-state index in [1.165, 1.54) is 18.2 Å². The fourth-order valence-electron chi connectivity index (χ4n) is 4.15. The third kappa shape index (κ3) is 5.85. The molecular weight excluding hydrogens is 474 g/mol. The van der Waals surface area contributed by atoms with Crippen LogP contribution in [0.1, 0.15) is 45.1 Å². The van der Waals surface area contributed by atoms with Crippen molar-refractivity contribution >= 4 is 40.3 Å². The van der Waals surface area contributed by atoms with Crippen LogP contribution in [0.15, 0.2) is 65.7 Å². The average Bonchev–Trinajstić information content (AvgIpc) is 3.43. The molecule has 1 amide bonds. The van der Waals surface area contributed by atoms with Gasteiger partial charge < -0.3 is 4.74 Å². The van der Waals surface area contributed by atoms with E-state index in [4.69, 9.17) is 22.1 Å². The molecule has 1 atom stereocenters. The zero-order valence-corrected chi connectivity index (χ0v) is 22.1. The number of thiocarbonyl (C=S) groups is 1. The quantitative estimate of drug-likeness (QED) is 0.220. The third-order valence-electron chi connectivity index (χ3n) is 6.27. The number of thioether (sulfide) groups is 1. The van der Waals surface area contributed by atoms with Crippen molar-refractivity contribution in [1.29, 1.82) is 0 Å². The lowest BCUT2D eigenvalue weighted by atomic mass is 9.99. The van der Waals surface area contributed by atoms with Gasteiger partial charge in [-0.05, 0) is 54.8 Å². The fraction of sp³-hybridized carbons (Fsp3) is 0.321. The van der Waals surface area contributed by atoms with Crippen molar-refractivity contribution in [3.63, 3.8) is 0 Å². The Kier molecular flexibility index (Phi) is 8.42. The van der Waals surface area contributed by atoms with Crippen molar-refractivity contribution in [3.8, 4) is 22.7 Å². The predicted octanol–water partition coefficient (Wildman–Crippen LogP) is 6.97. The number of methoxy groups -OCH3 is 1. The number of ether oxygens (including phenoxy) is 1.